The van der Waals surface area contributed by atoms with E-state index in [0.717, 1.165) is 25.1 Å². The van der Waals surface area contributed by atoms with Gasteiger partial charge in [0.2, 0.25) is 0 Å². The Hall–Kier alpha value is -1.77. The van der Waals surface area contributed by atoms with Gasteiger partial charge in [-0.2, -0.15) is 0 Å². The van der Waals surface area contributed by atoms with E-state index in [9.17, 15) is 4.79 Å². The summed E-state index contributed by atoms with van der Waals surface area (Å²) in [6.45, 7) is 3.77. The van der Waals surface area contributed by atoms with Gasteiger partial charge in [0.25, 0.3) is 0 Å². The average Bonchev–Trinajstić information content (AvgIpc) is 2.82. The summed E-state index contributed by atoms with van der Waals surface area (Å²) in [5.74, 6) is -0.218. The number of methoxy groups -OCH3 is 1. The highest BCUT2D eigenvalue weighted by Crippen LogP contribution is 2.27. The van der Waals surface area contributed by atoms with E-state index in [0.29, 0.717) is 6.42 Å². The smallest absolute Gasteiger partial charge is 0.333 e. The van der Waals surface area contributed by atoms with Crippen molar-refractivity contribution in [3.05, 3.63) is 41.5 Å². The van der Waals surface area contributed by atoms with Crippen LogP contribution in [0.1, 0.15) is 18.9 Å². The van der Waals surface area contributed by atoms with Crippen LogP contribution in [0.3, 0.4) is 0 Å². The number of hydrogen-bond acceptors (Lipinski definition) is 3. The van der Waals surface area contributed by atoms with E-state index in [4.69, 9.17) is 4.74 Å². The Kier molecular flexibility index (Phi) is 4.03. The van der Waals surface area contributed by atoms with Crippen LogP contribution in [0.5, 0.6) is 0 Å². The minimum absolute atomic E-state index is 0.218. The highest BCUT2D eigenvalue weighted by atomic mass is 16.5. The number of fused-ring (bicyclic) bond motifs is 1. The lowest BCUT2D eigenvalue weighted by Gasteiger charge is -2.17. The fourth-order valence-electron chi connectivity index (χ4n) is 2.32. The van der Waals surface area contributed by atoms with Crippen molar-refractivity contribution < 1.29 is 9.53 Å². The van der Waals surface area contributed by atoms with Gasteiger partial charge in [-0.05, 0) is 24.5 Å². The van der Waals surface area contributed by atoms with Crippen molar-refractivity contribution >= 4 is 11.7 Å². The molecule has 18 heavy (non-hydrogen) atoms. The maximum Gasteiger partial charge on any atom is 0.333 e. The summed E-state index contributed by atoms with van der Waals surface area (Å²) in [5, 5.41) is 0. The van der Waals surface area contributed by atoms with Gasteiger partial charge in [-0.1, -0.05) is 31.2 Å². The zero-order chi connectivity index (χ0) is 13.0. The molecule has 0 bridgehead atoms. The van der Waals surface area contributed by atoms with E-state index >= 15 is 0 Å². The predicted octanol–water partition coefficient (Wildman–Crippen LogP) is 2.56. The first-order valence-electron chi connectivity index (χ1n) is 6.36. The lowest BCUT2D eigenvalue weighted by atomic mass is 10.1. The van der Waals surface area contributed by atoms with E-state index < -0.39 is 0 Å². The first-order chi connectivity index (χ1) is 8.76. The molecule has 0 aliphatic carbocycles. The zero-order valence-electron chi connectivity index (χ0n) is 11.0. The molecule has 1 aliphatic heterocycles. The van der Waals surface area contributed by atoms with Crippen LogP contribution in [0.4, 0.5) is 5.69 Å². The molecule has 0 unspecified atom stereocenters. The van der Waals surface area contributed by atoms with Crippen molar-refractivity contribution in [2.24, 2.45) is 0 Å². The predicted molar refractivity (Wildman–Crippen MR) is 72.7 cm³/mol. The molecule has 0 spiro atoms. The summed E-state index contributed by atoms with van der Waals surface area (Å²) in [7, 11) is 1.43. The second-order valence-electron chi connectivity index (χ2n) is 4.40. The number of carbonyl (C=O) groups excluding carboxylic acids is 1. The van der Waals surface area contributed by atoms with Crippen LogP contribution in [0.2, 0.25) is 0 Å². The van der Waals surface area contributed by atoms with Crippen molar-refractivity contribution in [3.8, 4) is 0 Å². The second-order valence-corrected chi connectivity index (χ2v) is 4.40. The number of benzene rings is 1. The van der Waals surface area contributed by atoms with E-state index in [1.54, 1.807) is 0 Å². The molecular formula is C15H19NO2. The number of nitrogens with zero attached hydrogens (tertiary/aromatic N) is 1. The van der Waals surface area contributed by atoms with E-state index in [-0.39, 0.29) is 5.97 Å². The standard InChI is InChI=1S/C15H19NO2/c1-3-12(15(17)18-2)8-10-16-11-9-13-6-4-5-7-14(13)16/h4-8H,3,9-11H2,1-2H3. The molecule has 0 saturated carbocycles. The van der Waals surface area contributed by atoms with Gasteiger partial charge in [0.15, 0.2) is 0 Å². The zero-order valence-corrected chi connectivity index (χ0v) is 11.0. The first-order valence-corrected chi connectivity index (χ1v) is 6.36. The van der Waals surface area contributed by atoms with Gasteiger partial charge in [0.1, 0.15) is 0 Å². The van der Waals surface area contributed by atoms with Crippen molar-refractivity contribution in [3.63, 3.8) is 0 Å². The Morgan fingerprint density at radius 3 is 2.94 bits per heavy atom. The van der Waals surface area contributed by atoms with Gasteiger partial charge in [0.05, 0.1) is 7.11 Å². The van der Waals surface area contributed by atoms with Gasteiger partial charge in [-0.3, -0.25) is 0 Å². The van der Waals surface area contributed by atoms with E-state index in [2.05, 4.69) is 29.2 Å². The fourth-order valence-corrected chi connectivity index (χ4v) is 2.32. The molecule has 0 aromatic heterocycles. The Balaban J connectivity index is 2.08. The topological polar surface area (TPSA) is 29.5 Å². The molecule has 0 amide bonds. The Morgan fingerprint density at radius 2 is 2.22 bits per heavy atom. The number of anilines is 1. The lowest BCUT2D eigenvalue weighted by molar-refractivity contribution is -0.136. The molecular weight excluding hydrogens is 226 g/mol. The molecule has 1 aromatic carbocycles. The van der Waals surface area contributed by atoms with Gasteiger partial charge < -0.3 is 9.64 Å². The molecule has 2 rings (SSSR count). The number of ether oxygens (including phenoxy) is 1. The van der Waals surface area contributed by atoms with Gasteiger partial charge in [0, 0.05) is 24.4 Å². The maximum atomic E-state index is 11.5. The minimum Gasteiger partial charge on any atom is -0.466 e. The van der Waals surface area contributed by atoms with Crippen molar-refractivity contribution in [1.82, 2.24) is 0 Å². The molecule has 0 saturated heterocycles. The number of hydrogen-bond donors (Lipinski definition) is 0. The van der Waals surface area contributed by atoms with E-state index in [1.165, 1.54) is 18.4 Å². The largest absolute Gasteiger partial charge is 0.466 e. The van der Waals surface area contributed by atoms with E-state index in [1.807, 2.05) is 13.0 Å². The molecule has 1 aliphatic rings. The maximum absolute atomic E-state index is 11.5. The first kappa shape index (κ1) is 12.7. The quantitative estimate of drug-likeness (QED) is 0.603. The minimum atomic E-state index is -0.218. The van der Waals surface area contributed by atoms with Crippen LogP contribution in [-0.2, 0) is 16.0 Å². The van der Waals surface area contributed by atoms with Crippen LogP contribution in [-0.4, -0.2) is 26.2 Å². The Bertz CT molecular complexity index is 465. The summed E-state index contributed by atoms with van der Waals surface area (Å²) in [6.07, 6.45) is 3.78. The third-order valence-electron chi connectivity index (χ3n) is 3.37. The van der Waals surface area contributed by atoms with Crippen LogP contribution in [0.25, 0.3) is 0 Å². The van der Waals surface area contributed by atoms with Crippen molar-refractivity contribution in [2.45, 2.75) is 19.8 Å². The third kappa shape index (κ3) is 2.55. The van der Waals surface area contributed by atoms with Crippen LogP contribution in [0, 0.1) is 0 Å². The van der Waals surface area contributed by atoms with Gasteiger partial charge in [-0.15, -0.1) is 0 Å². The molecule has 0 atom stereocenters. The van der Waals surface area contributed by atoms with Crippen molar-refractivity contribution in [1.29, 1.82) is 0 Å². The highest BCUT2D eigenvalue weighted by Gasteiger charge is 2.17. The number of carbonyl (C=O) groups is 1. The summed E-state index contributed by atoms with van der Waals surface area (Å²) < 4.78 is 4.76. The van der Waals surface area contributed by atoms with Crippen molar-refractivity contribution in [2.75, 3.05) is 25.1 Å². The van der Waals surface area contributed by atoms with Crippen LogP contribution < -0.4 is 4.90 Å². The van der Waals surface area contributed by atoms with Gasteiger partial charge in [-0.25, -0.2) is 4.79 Å². The summed E-state index contributed by atoms with van der Waals surface area (Å²) in [6, 6.07) is 8.44. The molecule has 0 radical (unpaired) electrons. The van der Waals surface area contributed by atoms with Crippen LogP contribution in [0.15, 0.2) is 35.9 Å². The second kappa shape index (κ2) is 5.71. The van der Waals surface area contributed by atoms with Crippen LogP contribution >= 0.6 is 0 Å². The molecule has 1 heterocycles. The highest BCUT2D eigenvalue weighted by molar-refractivity contribution is 5.88. The number of esters is 1. The monoisotopic (exact) mass is 245 g/mol. The number of rotatable bonds is 4. The normalized spacial score (nSPS) is 14.6. The lowest BCUT2D eigenvalue weighted by Crippen LogP contribution is -2.21. The summed E-state index contributed by atoms with van der Waals surface area (Å²) in [4.78, 5) is 13.8. The molecule has 1 aromatic rings. The Labute approximate surface area is 108 Å². The third-order valence-corrected chi connectivity index (χ3v) is 3.37. The molecule has 0 N–H and O–H groups in total. The SMILES string of the molecule is CCC(=CCN1CCc2ccccc21)C(=O)OC. The summed E-state index contributed by atoms with van der Waals surface area (Å²) in [5.41, 5.74) is 3.43. The number of para-hydroxylation sites is 1. The molecule has 3 heteroatoms. The molecule has 96 valence electrons. The molecule has 0 fully saturated rings. The summed E-state index contributed by atoms with van der Waals surface area (Å²) >= 11 is 0. The molecule has 3 nitrogen and oxygen atoms in total. The fraction of sp³-hybridized carbons (Fsp3) is 0.400. The van der Waals surface area contributed by atoms with Gasteiger partial charge >= 0.3 is 5.97 Å². The Morgan fingerprint density at radius 1 is 1.44 bits per heavy atom. The average molecular weight is 245 g/mol.